The summed E-state index contributed by atoms with van der Waals surface area (Å²) in [6.07, 6.45) is 0. The number of methoxy groups -OCH3 is 1. The van der Waals surface area contributed by atoms with Crippen LogP contribution >= 0.6 is 11.3 Å². The number of carbonyl (C=O) groups excluding carboxylic acids is 1. The molecule has 0 aliphatic carbocycles. The van der Waals surface area contributed by atoms with Gasteiger partial charge >= 0.3 is 0 Å². The van der Waals surface area contributed by atoms with E-state index < -0.39 is 0 Å². The standard InChI is InChI=1S/C19H19N3O2S/c1-12-7-8-16(24-2)15(9-12)20-18(23)13-10-22(11-13)19-21-14-5-3-4-6-17(14)25-19/h3-9,13H,10-11H2,1-2H3,(H,20,23). The van der Waals surface area contributed by atoms with Crippen molar-refractivity contribution in [2.75, 3.05) is 30.4 Å². The number of aromatic nitrogens is 1. The number of amides is 1. The Bertz CT molecular complexity index is 898. The van der Waals surface area contributed by atoms with E-state index in [1.165, 1.54) is 4.70 Å². The average Bonchev–Trinajstić information content (AvgIpc) is 2.97. The van der Waals surface area contributed by atoms with Gasteiger partial charge < -0.3 is 15.0 Å². The average molecular weight is 353 g/mol. The predicted octanol–water partition coefficient (Wildman–Crippen LogP) is 3.69. The number of nitrogens with zero attached hydrogens (tertiary/aromatic N) is 2. The zero-order valence-electron chi connectivity index (χ0n) is 14.2. The lowest BCUT2D eigenvalue weighted by Gasteiger charge is -2.38. The van der Waals surface area contributed by atoms with Crippen LogP contribution in [0.5, 0.6) is 5.75 Å². The second-order valence-electron chi connectivity index (χ2n) is 6.26. The summed E-state index contributed by atoms with van der Waals surface area (Å²) in [5, 5.41) is 3.98. The zero-order chi connectivity index (χ0) is 17.4. The number of ether oxygens (including phenoxy) is 1. The maximum atomic E-state index is 12.5. The molecule has 0 unspecified atom stereocenters. The van der Waals surface area contributed by atoms with Crippen LogP contribution in [0.2, 0.25) is 0 Å². The highest BCUT2D eigenvalue weighted by Gasteiger charge is 2.34. The minimum absolute atomic E-state index is 0.0289. The molecule has 25 heavy (non-hydrogen) atoms. The predicted molar refractivity (Wildman–Crippen MR) is 102 cm³/mol. The number of thiazole rings is 1. The Kier molecular flexibility index (Phi) is 4.05. The van der Waals surface area contributed by atoms with Crippen molar-refractivity contribution in [1.82, 2.24) is 4.98 Å². The fraction of sp³-hybridized carbons (Fsp3) is 0.263. The van der Waals surface area contributed by atoms with E-state index in [0.29, 0.717) is 18.8 Å². The molecule has 0 atom stereocenters. The van der Waals surface area contributed by atoms with Crippen LogP contribution in [0.3, 0.4) is 0 Å². The van der Waals surface area contributed by atoms with Gasteiger partial charge in [-0.3, -0.25) is 4.79 Å². The van der Waals surface area contributed by atoms with E-state index in [2.05, 4.69) is 21.3 Å². The number of rotatable bonds is 4. The number of fused-ring (bicyclic) bond motifs is 1. The van der Waals surface area contributed by atoms with Crippen molar-refractivity contribution < 1.29 is 9.53 Å². The maximum Gasteiger partial charge on any atom is 0.231 e. The van der Waals surface area contributed by atoms with Crippen LogP contribution in [0.4, 0.5) is 10.8 Å². The Hall–Kier alpha value is -2.60. The second-order valence-corrected chi connectivity index (χ2v) is 7.27. The lowest BCUT2D eigenvalue weighted by molar-refractivity contribution is -0.120. The van der Waals surface area contributed by atoms with Gasteiger partial charge in [0.2, 0.25) is 5.91 Å². The van der Waals surface area contributed by atoms with E-state index in [1.54, 1.807) is 18.4 Å². The topological polar surface area (TPSA) is 54.5 Å². The summed E-state index contributed by atoms with van der Waals surface area (Å²) >= 11 is 1.67. The molecule has 2 aromatic carbocycles. The smallest absolute Gasteiger partial charge is 0.231 e. The third kappa shape index (κ3) is 3.05. The molecule has 1 amide bonds. The van der Waals surface area contributed by atoms with Crippen LogP contribution in [0, 0.1) is 12.8 Å². The monoisotopic (exact) mass is 353 g/mol. The van der Waals surface area contributed by atoms with Crippen molar-refractivity contribution in [3.63, 3.8) is 0 Å². The van der Waals surface area contributed by atoms with Gasteiger partial charge in [0.15, 0.2) is 5.13 Å². The molecule has 0 saturated carbocycles. The first-order chi connectivity index (χ1) is 12.1. The molecule has 0 bridgehead atoms. The van der Waals surface area contributed by atoms with E-state index in [9.17, 15) is 4.79 Å². The summed E-state index contributed by atoms with van der Waals surface area (Å²) in [5.41, 5.74) is 2.83. The third-order valence-electron chi connectivity index (χ3n) is 4.42. The van der Waals surface area contributed by atoms with Gasteiger partial charge in [0.25, 0.3) is 0 Å². The number of para-hydroxylation sites is 1. The molecule has 4 rings (SSSR count). The first-order valence-corrected chi connectivity index (χ1v) is 9.02. The van der Waals surface area contributed by atoms with Gasteiger partial charge in [-0.25, -0.2) is 4.98 Å². The van der Waals surface area contributed by atoms with Gasteiger partial charge in [-0.15, -0.1) is 0 Å². The molecule has 5 nitrogen and oxygen atoms in total. The van der Waals surface area contributed by atoms with Crippen LogP contribution in [0.25, 0.3) is 10.2 Å². The van der Waals surface area contributed by atoms with Crippen molar-refractivity contribution in [2.45, 2.75) is 6.92 Å². The van der Waals surface area contributed by atoms with Gasteiger partial charge in [-0.05, 0) is 36.8 Å². The lowest BCUT2D eigenvalue weighted by Crippen LogP contribution is -2.52. The van der Waals surface area contributed by atoms with E-state index in [-0.39, 0.29) is 11.8 Å². The van der Waals surface area contributed by atoms with E-state index in [1.807, 2.05) is 43.3 Å². The number of benzene rings is 2. The van der Waals surface area contributed by atoms with Gasteiger partial charge in [0.05, 0.1) is 28.9 Å². The number of carbonyl (C=O) groups is 1. The van der Waals surface area contributed by atoms with Gasteiger partial charge in [0.1, 0.15) is 5.75 Å². The third-order valence-corrected chi connectivity index (χ3v) is 5.52. The Morgan fingerprint density at radius 1 is 1.28 bits per heavy atom. The molecule has 6 heteroatoms. The number of aryl methyl sites for hydroxylation is 1. The second kappa shape index (κ2) is 6.37. The van der Waals surface area contributed by atoms with Gasteiger partial charge in [0, 0.05) is 13.1 Å². The highest BCUT2D eigenvalue weighted by atomic mass is 32.1. The van der Waals surface area contributed by atoms with E-state index in [4.69, 9.17) is 4.74 Å². The molecular weight excluding hydrogens is 334 g/mol. The van der Waals surface area contributed by atoms with Crippen LogP contribution in [0.15, 0.2) is 42.5 Å². The van der Waals surface area contributed by atoms with E-state index in [0.717, 1.165) is 21.9 Å². The number of nitrogens with one attached hydrogen (secondary N) is 1. The molecule has 1 aliphatic rings. The summed E-state index contributed by atoms with van der Waals surface area (Å²) in [4.78, 5) is 19.3. The molecule has 1 aromatic heterocycles. The highest BCUT2D eigenvalue weighted by molar-refractivity contribution is 7.22. The van der Waals surface area contributed by atoms with Crippen molar-refractivity contribution >= 4 is 38.3 Å². The molecule has 1 fully saturated rings. The largest absolute Gasteiger partial charge is 0.495 e. The van der Waals surface area contributed by atoms with E-state index >= 15 is 0 Å². The zero-order valence-corrected chi connectivity index (χ0v) is 15.0. The van der Waals surface area contributed by atoms with Crippen LogP contribution in [-0.2, 0) is 4.79 Å². The maximum absolute atomic E-state index is 12.5. The van der Waals surface area contributed by atoms with Crippen molar-refractivity contribution in [3.05, 3.63) is 48.0 Å². The Morgan fingerprint density at radius 2 is 2.08 bits per heavy atom. The first-order valence-electron chi connectivity index (χ1n) is 8.20. The molecule has 2 heterocycles. The van der Waals surface area contributed by atoms with Crippen molar-refractivity contribution in [1.29, 1.82) is 0 Å². The highest BCUT2D eigenvalue weighted by Crippen LogP contribution is 2.33. The first kappa shape index (κ1) is 15.9. The molecule has 1 saturated heterocycles. The Labute approximate surface area is 150 Å². The quantitative estimate of drug-likeness (QED) is 0.777. The van der Waals surface area contributed by atoms with Crippen LogP contribution in [-0.4, -0.2) is 31.1 Å². The van der Waals surface area contributed by atoms with Crippen LogP contribution < -0.4 is 15.0 Å². The fourth-order valence-corrected chi connectivity index (χ4v) is 3.93. The molecule has 1 aliphatic heterocycles. The summed E-state index contributed by atoms with van der Waals surface area (Å²) < 4.78 is 6.50. The minimum atomic E-state index is -0.0303. The van der Waals surface area contributed by atoms with Gasteiger partial charge in [-0.2, -0.15) is 0 Å². The molecule has 3 aromatic rings. The minimum Gasteiger partial charge on any atom is -0.495 e. The molecule has 1 N–H and O–H groups in total. The van der Waals surface area contributed by atoms with Crippen molar-refractivity contribution in [3.8, 4) is 5.75 Å². The summed E-state index contributed by atoms with van der Waals surface area (Å²) in [6.45, 7) is 3.38. The number of hydrogen-bond donors (Lipinski definition) is 1. The molecule has 0 radical (unpaired) electrons. The molecular formula is C19H19N3O2S. The SMILES string of the molecule is COc1ccc(C)cc1NC(=O)C1CN(c2nc3ccccc3s2)C1. The van der Waals surface area contributed by atoms with Gasteiger partial charge in [-0.1, -0.05) is 29.5 Å². The fourth-order valence-electron chi connectivity index (χ4n) is 2.95. The number of hydrogen-bond acceptors (Lipinski definition) is 5. The Balaban J connectivity index is 1.42. The summed E-state index contributed by atoms with van der Waals surface area (Å²) in [7, 11) is 1.61. The normalized spacial score (nSPS) is 14.4. The van der Waals surface area contributed by atoms with Crippen LogP contribution in [0.1, 0.15) is 5.56 Å². The Morgan fingerprint density at radius 3 is 2.84 bits per heavy atom. The lowest BCUT2D eigenvalue weighted by atomic mass is 10.00. The summed E-state index contributed by atoms with van der Waals surface area (Å²) in [6, 6.07) is 13.9. The summed E-state index contributed by atoms with van der Waals surface area (Å²) in [5.74, 6) is 0.680. The molecule has 128 valence electrons. The van der Waals surface area contributed by atoms with Crippen molar-refractivity contribution in [2.24, 2.45) is 5.92 Å². The molecule has 0 spiro atoms. The number of anilines is 2.